The average Bonchev–Trinajstić information content (AvgIpc) is 2.89. The molecular formula is C14H18N4O2S. The molecule has 7 heteroatoms. The maximum Gasteiger partial charge on any atom is 0.269 e. The number of para-hydroxylation sites is 2. The molecule has 0 bridgehead atoms. The second-order valence-corrected chi connectivity index (χ2v) is 5.36. The van der Waals surface area contributed by atoms with E-state index in [1.807, 2.05) is 31.0 Å². The van der Waals surface area contributed by atoms with Crippen molar-refractivity contribution in [3.8, 4) is 5.75 Å². The standard InChI is InChI=1S/C14H18N4O2S/c1-4-18(2)14-17-12(15)11(21-14)13(19)16-9-7-5-6-8-10(9)20-3/h5-8H,4,15H2,1-3H3,(H,16,19). The van der Waals surface area contributed by atoms with Crippen molar-refractivity contribution in [2.24, 2.45) is 0 Å². The number of amides is 1. The molecule has 2 rings (SSSR count). The molecule has 1 aromatic carbocycles. The van der Waals surface area contributed by atoms with Gasteiger partial charge in [0.2, 0.25) is 0 Å². The highest BCUT2D eigenvalue weighted by molar-refractivity contribution is 7.18. The quantitative estimate of drug-likeness (QED) is 0.887. The number of hydrogen-bond donors (Lipinski definition) is 2. The van der Waals surface area contributed by atoms with Crippen LogP contribution in [-0.2, 0) is 0 Å². The number of carbonyl (C=O) groups excluding carboxylic acids is 1. The largest absolute Gasteiger partial charge is 0.495 e. The van der Waals surface area contributed by atoms with Crippen LogP contribution in [0.15, 0.2) is 24.3 Å². The van der Waals surface area contributed by atoms with E-state index in [4.69, 9.17) is 10.5 Å². The summed E-state index contributed by atoms with van der Waals surface area (Å²) in [5.41, 5.74) is 6.44. The third-order valence-electron chi connectivity index (χ3n) is 3.00. The highest BCUT2D eigenvalue weighted by atomic mass is 32.1. The smallest absolute Gasteiger partial charge is 0.269 e. The summed E-state index contributed by atoms with van der Waals surface area (Å²) in [4.78, 5) is 18.9. The van der Waals surface area contributed by atoms with Crippen LogP contribution in [0.25, 0.3) is 0 Å². The summed E-state index contributed by atoms with van der Waals surface area (Å²) >= 11 is 1.27. The van der Waals surface area contributed by atoms with Gasteiger partial charge in [0.05, 0.1) is 12.8 Å². The van der Waals surface area contributed by atoms with E-state index in [0.29, 0.717) is 16.3 Å². The molecule has 0 aliphatic carbocycles. The van der Waals surface area contributed by atoms with Crippen molar-refractivity contribution in [2.45, 2.75) is 6.92 Å². The van der Waals surface area contributed by atoms with E-state index in [2.05, 4.69) is 10.3 Å². The summed E-state index contributed by atoms with van der Waals surface area (Å²) in [6.07, 6.45) is 0. The second-order valence-electron chi connectivity index (χ2n) is 4.38. The molecule has 21 heavy (non-hydrogen) atoms. The number of nitrogens with two attached hydrogens (primary N) is 1. The van der Waals surface area contributed by atoms with Crippen LogP contribution in [-0.4, -0.2) is 31.6 Å². The highest BCUT2D eigenvalue weighted by Crippen LogP contribution is 2.29. The monoisotopic (exact) mass is 306 g/mol. The van der Waals surface area contributed by atoms with E-state index in [1.165, 1.54) is 11.3 Å². The molecule has 2 aromatic rings. The lowest BCUT2D eigenvalue weighted by Gasteiger charge is -2.11. The van der Waals surface area contributed by atoms with Gasteiger partial charge in [-0.3, -0.25) is 4.79 Å². The Labute approximate surface area is 127 Å². The van der Waals surface area contributed by atoms with Gasteiger partial charge in [-0.25, -0.2) is 4.98 Å². The van der Waals surface area contributed by atoms with Crippen molar-refractivity contribution in [3.63, 3.8) is 0 Å². The summed E-state index contributed by atoms with van der Waals surface area (Å²) in [6.45, 7) is 2.80. The molecule has 6 nitrogen and oxygen atoms in total. The number of nitrogens with one attached hydrogen (secondary N) is 1. The maximum atomic E-state index is 12.3. The first-order valence-corrected chi connectivity index (χ1v) is 7.30. The molecule has 0 saturated carbocycles. The Morgan fingerprint density at radius 2 is 2.19 bits per heavy atom. The van der Waals surface area contributed by atoms with Gasteiger partial charge in [-0.05, 0) is 19.1 Å². The van der Waals surface area contributed by atoms with Gasteiger partial charge >= 0.3 is 0 Å². The van der Waals surface area contributed by atoms with Crippen LogP contribution >= 0.6 is 11.3 Å². The fraction of sp³-hybridized carbons (Fsp3) is 0.286. The number of thiazole rings is 1. The third kappa shape index (κ3) is 3.25. The number of nitrogen functional groups attached to an aromatic ring is 1. The first-order chi connectivity index (χ1) is 10.1. The zero-order valence-corrected chi connectivity index (χ0v) is 13.0. The lowest BCUT2D eigenvalue weighted by molar-refractivity contribution is 0.103. The summed E-state index contributed by atoms with van der Waals surface area (Å²) in [6, 6.07) is 7.21. The molecule has 0 aliphatic heterocycles. The first-order valence-electron chi connectivity index (χ1n) is 6.48. The molecule has 1 heterocycles. The lowest BCUT2D eigenvalue weighted by Crippen LogP contribution is -2.15. The van der Waals surface area contributed by atoms with Gasteiger partial charge in [-0.1, -0.05) is 23.5 Å². The molecule has 1 aromatic heterocycles. The van der Waals surface area contributed by atoms with Crippen LogP contribution in [0.1, 0.15) is 16.6 Å². The van der Waals surface area contributed by atoms with E-state index >= 15 is 0 Å². The number of rotatable bonds is 5. The van der Waals surface area contributed by atoms with E-state index < -0.39 is 0 Å². The summed E-state index contributed by atoms with van der Waals surface area (Å²) in [5, 5.41) is 3.52. The van der Waals surface area contributed by atoms with Crippen molar-refractivity contribution in [2.75, 3.05) is 36.7 Å². The van der Waals surface area contributed by atoms with Crippen LogP contribution in [0, 0.1) is 0 Å². The van der Waals surface area contributed by atoms with Crippen LogP contribution < -0.4 is 20.7 Å². The van der Waals surface area contributed by atoms with Crippen LogP contribution in [0.2, 0.25) is 0 Å². The molecule has 112 valence electrons. The van der Waals surface area contributed by atoms with Gasteiger partial charge < -0.3 is 20.7 Å². The molecule has 0 saturated heterocycles. The molecule has 1 amide bonds. The van der Waals surface area contributed by atoms with Gasteiger partial charge in [-0.15, -0.1) is 0 Å². The number of benzene rings is 1. The van der Waals surface area contributed by atoms with Crippen LogP contribution in [0.3, 0.4) is 0 Å². The number of nitrogens with zero attached hydrogens (tertiary/aromatic N) is 2. The van der Waals surface area contributed by atoms with Gasteiger partial charge in [0.1, 0.15) is 16.4 Å². The zero-order chi connectivity index (χ0) is 15.4. The number of anilines is 3. The van der Waals surface area contributed by atoms with Crippen molar-refractivity contribution < 1.29 is 9.53 Å². The zero-order valence-electron chi connectivity index (χ0n) is 12.2. The van der Waals surface area contributed by atoms with Crippen molar-refractivity contribution in [3.05, 3.63) is 29.1 Å². The van der Waals surface area contributed by atoms with Crippen molar-refractivity contribution in [1.29, 1.82) is 0 Å². The molecule has 0 aliphatic rings. The second kappa shape index (κ2) is 6.45. The predicted molar refractivity (Wildman–Crippen MR) is 86.4 cm³/mol. The number of carbonyl (C=O) groups is 1. The Morgan fingerprint density at radius 3 is 2.86 bits per heavy atom. The van der Waals surface area contributed by atoms with Gasteiger partial charge in [0.25, 0.3) is 5.91 Å². The van der Waals surface area contributed by atoms with Gasteiger partial charge in [0, 0.05) is 13.6 Å². The van der Waals surface area contributed by atoms with E-state index in [-0.39, 0.29) is 11.7 Å². The first kappa shape index (κ1) is 15.1. The number of hydrogen-bond acceptors (Lipinski definition) is 6. The highest BCUT2D eigenvalue weighted by Gasteiger charge is 2.18. The summed E-state index contributed by atoms with van der Waals surface area (Å²) < 4.78 is 5.21. The molecule has 0 atom stereocenters. The Balaban J connectivity index is 2.22. The van der Waals surface area contributed by atoms with Crippen molar-refractivity contribution in [1.82, 2.24) is 4.98 Å². The minimum Gasteiger partial charge on any atom is -0.495 e. The fourth-order valence-corrected chi connectivity index (χ4v) is 2.61. The van der Waals surface area contributed by atoms with E-state index in [9.17, 15) is 4.79 Å². The molecule has 0 unspecified atom stereocenters. The van der Waals surface area contributed by atoms with Gasteiger partial charge in [-0.2, -0.15) is 0 Å². The van der Waals surface area contributed by atoms with Crippen molar-refractivity contribution >= 4 is 33.9 Å². The van der Waals surface area contributed by atoms with E-state index in [0.717, 1.165) is 11.7 Å². The van der Waals surface area contributed by atoms with Crippen LogP contribution in [0.4, 0.5) is 16.6 Å². The average molecular weight is 306 g/mol. The molecular weight excluding hydrogens is 288 g/mol. The minimum atomic E-state index is -0.287. The lowest BCUT2D eigenvalue weighted by atomic mass is 10.3. The fourth-order valence-electron chi connectivity index (χ4n) is 1.71. The Morgan fingerprint density at radius 1 is 1.48 bits per heavy atom. The normalized spacial score (nSPS) is 10.2. The molecule has 0 radical (unpaired) electrons. The minimum absolute atomic E-state index is 0.239. The third-order valence-corrected chi connectivity index (χ3v) is 4.19. The molecule has 0 fully saturated rings. The predicted octanol–water partition coefficient (Wildman–Crippen LogP) is 2.44. The van der Waals surface area contributed by atoms with E-state index in [1.54, 1.807) is 19.2 Å². The molecule has 3 N–H and O–H groups in total. The van der Waals surface area contributed by atoms with Crippen LogP contribution in [0.5, 0.6) is 5.75 Å². The Kier molecular flexibility index (Phi) is 4.64. The Bertz CT molecular complexity index is 642. The Hall–Kier alpha value is -2.28. The summed E-state index contributed by atoms with van der Waals surface area (Å²) in [7, 11) is 3.46. The number of aromatic nitrogens is 1. The maximum absolute atomic E-state index is 12.3. The molecule has 0 spiro atoms. The SMILES string of the molecule is CCN(C)c1nc(N)c(C(=O)Nc2ccccc2OC)s1. The van der Waals surface area contributed by atoms with Gasteiger partial charge in [0.15, 0.2) is 5.13 Å². The number of methoxy groups -OCH3 is 1. The topological polar surface area (TPSA) is 80.5 Å². The summed E-state index contributed by atoms with van der Waals surface area (Å²) in [5.74, 6) is 0.549. The number of ether oxygens (including phenoxy) is 1.